The molecule has 0 radical (unpaired) electrons. The fraction of sp³-hybridized carbons (Fsp3) is 0.568. The molecule has 10 heteroatoms. The van der Waals surface area contributed by atoms with E-state index in [1.165, 1.54) is 0 Å². The SMILES string of the molecule is CC(C)(C)OC(=O)N1CCC(N2CC(C#Cc3ccc4c(n3)CN([C@H]3C(C)(C)[C@H](Oc5ccc(C#N)c(Cl)c5)C3(C)C)C4=O)C2)CC1. The van der Waals surface area contributed by atoms with Crippen LogP contribution in [0.25, 0.3) is 0 Å². The van der Waals surface area contributed by atoms with E-state index in [1.54, 1.807) is 18.2 Å². The molecule has 9 nitrogen and oxygen atoms in total. The first-order chi connectivity index (χ1) is 22.1. The van der Waals surface area contributed by atoms with E-state index >= 15 is 0 Å². The Morgan fingerprint density at radius 3 is 2.36 bits per heavy atom. The van der Waals surface area contributed by atoms with Crippen molar-refractivity contribution in [2.75, 3.05) is 26.2 Å². The van der Waals surface area contributed by atoms with E-state index in [1.807, 2.05) is 42.7 Å². The van der Waals surface area contributed by atoms with Crippen molar-refractivity contribution in [3.8, 4) is 23.7 Å². The third-order valence-corrected chi connectivity index (χ3v) is 10.4. The Morgan fingerprint density at radius 2 is 1.74 bits per heavy atom. The van der Waals surface area contributed by atoms with Crippen molar-refractivity contribution in [2.45, 2.75) is 91.6 Å². The summed E-state index contributed by atoms with van der Waals surface area (Å²) in [6.07, 6.45) is 1.50. The van der Waals surface area contributed by atoms with Gasteiger partial charge in [0.2, 0.25) is 0 Å². The van der Waals surface area contributed by atoms with Gasteiger partial charge in [0, 0.05) is 61.1 Å². The van der Waals surface area contributed by atoms with Gasteiger partial charge in [-0.15, -0.1) is 0 Å². The number of ether oxygens (including phenoxy) is 2. The summed E-state index contributed by atoms with van der Waals surface area (Å²) in [5.74, 6) is 7.56. The Balaban J connectivity index is 1.04. The highest BCUT2D eigenvalue weighted by molar-refractivity contribution is 6.31. The first kappa shape index (κ1) is 33.1. The Labute approximate surface area is 283 Å². The lowest BCUT2D eigenvalue weighted by molar-refractivity contribution is -0.199. The standard InChI is InChI=1S/C37H44ClN5O4/c1-35(2,3)47-34(45)41-16-14-26(15-17-41)42-20-23(21-42)8-10-25-11-13-28-30(40-25)22-43(31(28)44)32-36(4,5)33(37(32,6)7)46-27-12-9-24(19-39)29(38)18-27/h9,11-13,18,23,26,32-33H,14-17,20-22H2,1-7H3/t32-,33-. The number of piperidine rings is 1. The van der Waals surface area contributed by atoms with E-state index in [9.17, 15) is 14.9 Å². The second kappa shape index (κ2) is 12.0. The van der Waals surface area contributed by atoms with Crippen LogP contribution >= 0.6 is 11.6 Å². The normalized spacial score (nSPS) is 23.9. The monoisotopic (exact) mass is 657 g/mol. The van der Waals surface area contributed by atoms with Crippen LogP contribution in [0.5, 0.6) is 5.75 Å². The number of amides is 2. The van der Waals surface area contributed by atoms with Crippen molar-refractivity contribution in [2.24, 2.45) is 16.7 Å². The van der Waals surface area contributed by atoms with Gasteiger partial charge in [0.05, 0.1) is 28.4 Å². The quantitative estimate of drug-likeness (QED) is 0.365. The predicted octanol–water partition coefficient (Wildman–Crippen LogP) is 6.13. The number of carbonyl (C=O) groups excluding carboxylic acids is 2. The molecule has 0 N–H and O–H groups in total. The van der Waals surface area contributed by atoms with Crippen molar-refractivity contribution in [3.63, 3.8) is 0 Å². The first-order valence-corrected chi connectivity index (χ1v) is 16.9. The Hall–Kier alpha value is -3.79. The summed E-state index contributed by atoms with van der Waals surface area (Å²) in [5, 5.41) is 9.57. The molecule has 3 aliphatic heterocycles. The van der Waals surface area contributed by atoms with Gasteiger partial charge in [0.25, 0.3) is 5.91 Å². The van der Waals surface area contributed by atoms with Gasteiger partial charge in [-0.25, -0.2) is 9.78 Å². The molecule has 248 valence electrons. The number of nitrogens with zero attached hydrogens (tertiary/aromatic N) is 5. The highest BCUT2D eigenvalue weighted by atomic mass is 35.5. The number of halogens is 1. The second-order valence-electron chi connectivity index (χ2n) is 15.5. The molecule has 0 atom stereocenters. The zero-order chi connectivity index (χ0) is 33.9. The fourth-order valence-corrected chi connectivity index (χ4v) is 8.52. The summed E-state index contributed by atoms with van der Waals surface area (Å²) in [5.41, 5.74) is 1.34. The number of hydrogen-bond donors (Lipinski definition) is 0. The molecule has 1 aliphatic carbocycles. The number of hydrogen-bond acceptors (Lipinski definition) is 7. The van der Waals surface area contributed by atoms with Crippen LogP contribution in [0.4, 0.5) is 4.79 Å². The number of benzene rings is 1. The van der Waals surface area contributed by atoms with Crippen LogP contribution in [-0.4, -0.2) is 81.7 Å². The molecule has 0 bridgehead atoms. The molecule has 0 spiro atoms. The molecule has 1 aromatic carbocycles. The molecule has 2 saturated heterocycles. The minimum Gasteiger partial charge on any atom is -0.489 e. The van der Waals surface area contributed by atoms with Crippen LogP contribution in [0.15, 0.2) is 30.3 Å². The average molecular weight is 658 g/mol. The van der Waals surface area contributed by atoms with Gasteiger partial charge in [0.15, 0.2) is 0 Å². The minimum atomic E-state index is -0.478. The number of fused-ring (bicyclic) bond motifs is 1. The third kappa shape index (κ3) is 6.28. The van der Waals surface area contributed by atoms with E-state index in [4.69, 9.17) is 26.1 Å². The number of aromatic nitrogens is 1. The maximum Gasteiger partial charge on any atom is 0.410 e. The molecule has 4 aliphatic rings. The van der Waals surface area contributed by atoms with Gasteiger partial charge in [-0.3, -0.25) is 9.69 Å². The van der Waals surface area contributed by atoms with Gasteiger partial charge in [0.1, 0.15) is 29.2 Å². The summed E-state index contributed by atoms with van der Waals surface area (Å²) < 4.78 is 12.0. The summed E-state index contributed by atoms with van der Waals surface area (Å²) >= 11 is 6.26. The van der Waals surface area contributed by atoms with E-state index < -0.39 is 5.60 Å². The highest BCUT2D eigenvalue weighted by Gasteiger charge is 2.67. The Morgan fingerprint density at radius 1 is 1.06 bits per heavy atom. The van der Waals surface area contributed by atoms with Crippen molar-refractivity contribution in [3.05, 3.63) is 57.9 Å². The summed E-state index contributed by atoms with van der Waals surface area (Å²) in [7, 11) is 0. The molecule has 1 aromatic heterocycles. The molecule has 3 fully saturated rings. The van der Waals surface area contributed by atoms with Gasteiger partial charge < -0.3 is 19.3 Å². The van der Waals surface area contributed by atoms with Crippen molar-refractivity contribution in [1.29, 1.82) is 5.26 Å². The molecule has 2 amide bonds. The van der Waals surface area contributed by atoms with Crippen LogP contribution in [-0.2, 0) is 11.3 Å². The predicted molar refractivity (Wildman–Crippen MR) is 179 cm³/mol. The smallest absolute Gasteiger partial charge is 0.410 e. The molecule has 0 unspecified atom stereocenters. The second-order valence-corrected chi connectivity index (χ2v) is 15.9. The van der Waals surface area contributed by atoms with Crippen molar-refractivity contribution >= 4 is 23.6 Å². The molecule has 4 heterocycles. The summed E-state index contributed by atoms with van der Waals surface area (Å²) in [6.45, 7) is 17.9. The van der Waals surface area contributed by atoms with E-state index in [-0.39, 0.29) is 40.9 Å². The maximum absolute atomic E-state index is 13.7. The number of carbonyl (C=O) groups is 2. The highest BCUT2D eigenvalue weighted by Crippen LogP contribution is 2.59. The molecule has 1 saturated carbocycles. The van der Waals surface area contributed by atoms with Crippen LogP contribution < -0.4 is 4.74 Å². The van der Waals surface area contributed by atoms with Crippen molar-refractivity contribution in [1.82, 2.24) is 19.7 Å². The van der Waals surface area contributed by atoms with Crippen LogP contribution in [0.1, 0.15) is 88.6 Å². The minimum absolute atomic E-state index is 0.00891. The van der Waals surface area contributed by atoms with Gasteiger partial charge >= 0.3 is 6.09 Å². The number of nitriles is 1. The van der Waals surface area contributed by atoms with Crippen LogP contribution in [0.3, 0.4) is 0 Å². The number of rotatable bonds is 4. The zero-order valence-electron chi connectivity index (χ0n) is 28.4. The molecule has 2 aromatic rings. The topological polar surface area (TPSA) is 99.0 Å². The largest absolute Gasteiger partial charge is 0.489 e. The molecular formula is C37H44ClN5O4. The summed E-state index contributed by atoms with van der Waals surface area (Å²) in [4.78, 5) is 37.1. The van der Waals surface area contributed by atoms with Gasteiger partial charge in [-0.1, -0.05) is 45.2 Å². The first-order valence-electron chi connectivity index (χ1n) is 16.5. The lowest BCUT2D eigenvalue weighted by Gasteiger charge is -2.65. The van der Waals surface area contributed by atoms with Crippen LogP contribution in [0, 0.1) is 39.9 Å². The number of pyridine rings is 1. The van der Waals surface area contributed by atoms with Crippen LogP contribution in [0.2, 0.25) is 5.02 Å². The fourth-order valence-electron chi connectivity index (χ4n) is 8.31. The lowest BCUT2D eigenvalue weighted by Crippen LogP contribution is -2.74. The van der Waals surface area contributed by atoms with Crippen molar-refractivity contribution < 1.29 is 19.1 Å². The van der Waals surface area contributed by atoms with E-state index in [2.05, 4.69) is 50.5 Å². The van der Waals surface area contributed by atoms with Gasteiger partial charge in [-0.2, -0.15) is 5.26 Å². The number of likely N-dealkylation sites (tertiary alicyclic amines) is 2. The third-order valence-electron chi connectivity index (χ3n) is 10.1. The molecule has 6 rings (SSSR count). The summed E-state index contributed by atoms with van der Waals surface area (Å²) in [6, 6.07) is 11.3. The van der Waals surface area contributed by atoms with E-state index in [0.29, 0.717) is 40.2 Å². The molecular weight excluding hydrogens is 614 g/mol. The lowest BCUT2D eigenvalue weighted by atomic mass is 9.49. The van der Waals surface area contributed by atoms with E-state index in [0.717, 1.165) is 44.7 Å². The Kier molecular flexibility index (Phi) is 8.47. The zero-order valence-corrected chi connectivity index (χ0v) is 29.1. The average Bonchev–Trinajstić information content (AvgIpc) is 3.28. The molecule has 47 heavy (non-hydrogen) atoms. The van der Waals surface area contributed by atoms with Gasteiger partial charge in [-0.05, 0) is 63.8 Å². The Bertz CT molecular complexity index is 1670. The maximum atomic E-state index is 13.7.